The van der Waals surface area contributed by atoms with Gasteiger partial charge in [0.2, 0.25) is 0 Å². The first kappa shape index (κ1) is 11.8. The Morgan fingerprint density at radius 2 is 2.07 bits per heavy atom. The van der Waals surface area contributed by atoms with E-state index in [0.717, 1.165) is 0 Å². The minimum Gasteiger partial charge on any atom is -0.537 e. The third kappa shape index (κ3) is 3.09. The minimum absolute atomic E-state index is 0.125. The molecule has 1 aromatic carbocycles. The Balaban J connectivity index is 3.14. The number of Topliss-reactive ketones (excluding diaryl/α,β-unsaturated/α-hetero) is 1. The van der Waals surface area contributed by atoms with Crippen molar-refractivity contribution < 1.29 is 24.5 Å². The number of carbonyl (C=O) groups excluding carboxylic acids is 1. The summed E-state index contributed by atoms with van der Waals surface area (Å²) in [5.41, 5.74) is 0.400. The second-order valence-corrected chi connectivity index (χ2v) is 2.94. The van der Waals surface area contributed by atoms with Gasteiger partial charge in [-0.2, -0.15) is 0 Å². The Morgan fingerprint density at radius 1 is 1.40 bits per heavy atom. The van der Waals surface area contributed by atoms with E-state index in [1.807, 2.05) is 0 Å². The molecule has 1 rings (SSSR count). The van der Waals surface area contributed by atoms with Gasteiger partial charge in [-0.1, -0.05) is 6.07 Å². The molecule has 0 amide bonds. The van der Waals surface area contributed by atoms with E-state index < -0.39 is 7.12 Å². The summed E-state index contributed by atoms with van der Waals surface area (Å²) in [6, 6.07) is 4.04. The third-order valence-corrected chi connectivity index (χ3v) is 1.82. The molecule has 1 aromatic rings. The molecule has 0 bridgehead atoms. The summed E-state index contributed by atoms with van der Waals surface area (Å²) in [7, 11) is -1.24. The summed E-state index contributed by atoms with van der Waals surface area (Å²) in [6.07, 6.45) is 0. The van der Waals surface area contributed by atoms with Crippen molar-refractivity contribution in [1.29, 1.82) is 0 Å². The number of carbonyl (C=O) groups is 1. The molecular formula is C8H9B2O5. The zero-order valence-electron chi connectivity index (χ0n) is 8.04. The van der Waals surface area contributed by atoms with E-state index in [1.54, 1.807) is 0 Å². The quantitative estimate of drug-likeness (QED) is 0.411. The molecule has 0 saturated heterocycles. The van der Waals surface area contributed by atoms with Gasteiger partial charge in [0.15, 0.2) is 5.78 Å². The first-order valence-corrected chi connectivity index (χ1v) is 4.19. The summed E-state index contributed by atoms with van der Waals surface area (Å²) in [5.74, 6) is -0.0754. The van der Waals surface area contributed by atoms with Gasteiger partial charge in [-0.15, -0.1) is 0 Å². The Bertz CT molecular complexity index is 366. The van der Waals surface area contributed by atoms with Crippen LogP contribution in [0.25, 0.3) is 0 Å². The van der Waals surface area contributed by atoms with Crippen molar-refractivity contribution in [2.24, 2.45) is 0 Å². The zero-order chi connectivity index (χ0) is 11.4. The van der Waals surface area contributed by atoms with Gasteiger partial charge in [0.25, 0.3) is 0 Å². The molecule has 0 aliphatic heterocycles. The van der Waals surface area contributed by atoms with E-state index in [-0.39, 0.29) is 22.6 Å². The summed E-state index contributed by atoms with van der Waals surface area (Å²) in [5, 5.41) is 26.3. The van der Waals surface area contributed by atoms with Crippen LogP contribution in [0.1, 0.15) is 17.3 Å². The molecule has 0 aromatic heterocycles. The lowest BCUT2D eigenvalue weighted by Gasteiger charge is -2.07. The predicted octanol–water partition coefficient (Wildman–Crippen LogP) is -1.53. The maximum Gasteiger partial charge on any atom is 0.569 e. The maximum absolute atomic E-state index is 11.1. The van der Waals surface area contributed by atoms with Gasteiger partial charge >= 0.3 is 14.8 Å². The average molecular weight is 207 g/mol. The molecule has 3 N–H and O–H groups in total. The maximum atomic E-state index is 11.1. The Hall–Kier alpha value is -1.30. The number of ketones is 1. The van der Waals surface area contributed by atoms with Gasteiger partial charge in [-0.05, 0) is 24.5 Å². The number of hydrogen-bond donors (Lipinski definition) is 3. The Morgan fingerprint density at radius 3 is 2.53 bits per heavy atom. The smallest absolute Gasteiger partial charge is 0.537 e. The van der Waals surface area contributed by atoms with E-state index in [0.29, 0.717) is 7.69 Å². The molecular weight excluding hydrogens is 198 g/mol. The molecule has 1 radical (unpaired) electrons. The van der Waals surface area contributed by atoms with Gasteiger partial charge < -0.3 is 19.7 Å². The molecule has 7 heteroatoms. The number of hydrogen-bond acceptors (Lipinski definition) is 5. The topological polar surface area (TPSA) is 87.0 Å². The highest BCUT2D eigenvalue weighted by Crippen LogP contribution is 2.12. The molecule has 0 atom stereocenters. The first-order valence-electron chi connectivity index (χ1n) is 4.19. The van der Waals surface area contributed by atoms with Gasteiger partial charge in [-0.3, -0.25) is 4.79 Å². The fourth-order valence-electron chi connectivity index (χ4n) is 1.10. The predicted molar refractivity (Wildman–Crippen MR) is 54.9 cm³/mol. The van der Waals surface area contributed by atoms with Gasteiger partial charge in [0, 0.05) is 5.56 Å². The van der Waals surface area contributed by atoms with Crippen LogP contribution < -0.4 is 10.1 Å². The van der Waals surface area contributed by atoms with Crippen molar-refractivity contribution in [3.05, 3.63) is 23.8 Å². The van der Waals surface area contributed by atoms with Crippen LogP contribution in [-0.2, 0) is 0 Å². The van der Waals surface area contributed by atoms with Crippen molar-refractivity contribution >= 4 is 26.0 Å². The number of rotatable bonds is 4. The summed E-state index contributed by atoms with van der Waals surface area (Å²) >= 11 is 0. The highest BCUT2D eigenvalue weighted by atomic mass is 16.5. The molecule has 0 saturated carbocycles. The van der Waals surface area contributed by atoms with Crippen LogP contribution in [0.3, 0.4) is 0 Å². The second kappa shape index (κ2) is 4.97. The van der Waals surface area contributed by atoms with Crippen molar-refractivity contribution in [3.8, 4) is 5.75 Å². The van der Waals surface area contributed by atoms with Crippen LogP contribution in [-0.4, -0.2) is 35.7 Å². The molecule has 0 aliphatic carbocycles. The minimum atomic E-state index is -1.69. The van der Waals surface area contributed by atoms with Crippen LogP contribution in [0.2, 0.25) is 0 Å². The van der Waals surface area contributed by atoms with Gasteiger partial charge in [0.05, 0.1) is 0 Å². The van der Waals surface area contributed by atoms with Crippen molar-refractivity contribution in [2.45, 2.75) is 6.92 Å². The van der Waals surface area contributed by atoms with Crippen LogP contribution in [0.5, 0.6) is 5.75 Å². The van der Waals surface area contributed by atoms with Gasteiger partial charge in [0.1, 0.15) is 5.75 Å². The standard InChI is InChI=1S/C8H9B2O5/c1-5(11)6-2-7(10(13)14)4-8(3-6)15-9-12/h2-4,12-14H,1H3. The lowest BCUT2D eigenvalue weighted by atomic mass is 9.79. The van der Waals surface area contributed by atoms with Crippen LogP contribution in [0.4, 0.5) is 0 Å². The lowest BCUT2D eigenvalue weighted by Crippen LogP contribution is -2.30. The van der Waals surface area contributed by atoms with Crippen molar-refractivity contribution in [2.75, 3.05) is 0 Å². The van der Waals surface area contributed by atoms with E-state index in [9.17, 15) is 4.79 Å². The summed E-state index contributed by atoms with van der Waals surface area (Å²) in [6.45, 7) is 1.34. The summed E-state index contributed by atoms with van der Waals surface area (Å²) < 4.78 is 4.64. The van der Waals surface area contributed by atoms with E-state index in [2.05, 4.69) is 4.65 Å². The average Bonchev–Trinajstić information content (AvgIpc) is 2.17. The van der Waals surface area contributed by atoms with E-state index in [1.165, 1.54) is 25.1 Å². The van der Waals surface area contributed by atoms with Crippen LogP contribution in [0.15, 0.2) is 18.2 Å². The molecule has 0 fully saturated rings. The number of benzene rings is 1. The molecule has 0 heterocycles. The largest absolute Gasteiger partial charge is 0.569 e. The highest BCUT2D eigenvalue weighted by molar-refractivity contribution is 6.58. The molecule has 0 aliphatic rings. The van der Waals surface area contributed by atoms with Crippen molar-refractivity contribution in [1.82, 2.24) is 0 Å². The zero-order valence-corrected chi connectivity index (χ0v) is 8.04. The van der Waals surface area contributed by atoms with Crippen LogP contribution in [0, 0.1) is 0 Å². The summed E-state index contributed by atoms with van der Waals surface area (Å²) in [4.78, 5) is 11.1. The lowest BCUT2D eigenvalue weighted by molar-refractivity contribution is 0.101. The fourth-order valence-corrected chi connectivity index (χ4v) is 1.10. The SMILES string of the molecule is CC(=O)c1cc(O[B]O)cc(B(O)O)c1. The monoisotopic (exact) mass is 207 g/mol. The van der Waals surface area contributed by atoms with Crippen molar-refractivity contribution in [3.63, 3.8) is 0 Å². The molecule has 0 spiro atoms. The fraction of sp³-hybridized carbons (Fsp3) is 0.125. The molecule has 77 valence electrons. The normalized spacial score (nSPS) is 9.60. The Labute approximate surface area is 87.8 Å². The van der Waals surface area contributed by atoms with E-state index in [4.69, 9.17) is 15.1 Å². The molecule has 5 nitrogen and oxygen atoms in total. The highest BCUT2D eigenvalue weighted by Gasteiger charge is 2.15. The van der Waals surface area contributed by atoms with E-state index >= 15 is 0 Å². The van der Waals surface area contributed by atoms with Crippen LogP contribution >= 0.6 is 0 Å². The van der Waals surface area contributed by atoms with Gasteiger partial charge in [-0.25, -0.2) is 0 Å². The third-order valence-electron chi connectivity index (χ3n) is 1.82. The molecule has 0 unspecified atom stereocenters. The Kier molecular flexibility index (Phi) is 3.90. The second-order valence-electron chi connectivity index (χ2n) is 2.94. The first-order chi connectivity index (χ1) is 7.04. The molecule has 15 heavy (non-hydrogen) atoms.